The number of hydrogen-bond acceptors (Lipinski definition) is 1. The third kappa shape index (κ3) is 3.45. The number of hydrogen-bond donors (Lipinski definition) is 0. The van der Waals surface area contributed by atoms with E-state index >= 15 is 0 Å². The summed E-state index contributed by atoms with van der Waals surface area (Å²) in [5.74, 6) is -0.309. The zero-order valence-electron chi connectivity index (χ0n) is 19.9. The Balaban J connectivity index is 1.67. The Morgan fingerprint density at radius 2 is 1.58 bits per heavy atom. The molecule has 0 aliphatic rings. The Hall–Kier alpha value is -4.75. The number of fused-ring (bicyclic) bond motifs is 3. The van der Waals surface area contributed by atoms with Crippen LogP contribution in [0.4, 0.5) is 10.1 Å². The van der Waals surface area contributed by atoms with Crippen LogP contribution in [0.5, 0.6) is 0 Å². The highest BCUT2D eigenvalue weighted by Gasteiger charge is 2.24. The number of pyridine rings is 1. The van der Waals surface area contributed by atoms with Crippen LogP contribution in [-0.4, -0.2) is 0 Å². The number of aromatic nitrogens is 1. The largest absolute Gasteiger partial charge is 0.456 e. The Morgan fingerprint density at radius 3 is 2.39 bits per heavy atom. The number of rotatable bonds is 3. The van der Waals surface area contributed by atoms with Crippen molar-refractivity contribution in [3.8, 4) is 33.5 Å². The van der Waals surface area contributed by atoms with Gasteiger partial charge in [-0.05, 0) is 35.2 Å². The van der Waals surface area contributed by atoms with E-state index in [-0.39, 0.29) is 5.82 Å². The average molecular weight is 470 g/mol. The van der Waals surface area contributed by atoms with E-state index < -0.39 is 0 Å². The van der Waals surface area contributed by atoms with Crippen molar-refractivity contribution in [3.63, 3.8) is 0 Å². The van der Waals surface area contributed by atoms with Crippen molar-refractivity contribution in [2.24, 2.45) is 7.05 Å². The van der Waals surface area contributed by atoms with Crippen molar-refractivity contribution < 1.29 is 13.4 Å². The molecule has 172 valence electrons. The molecule has 0 spiro atoms. The van der Waals surface area contributed by atoms with Crippen LogP contribution >= 0.6 is 0 Å². The standard InChI is InChI=1S/C32H22FN2O/c1-20-12-13-26-30-27(34-2)15-14-25(23-11-7-10-22(18-23)21-8-5-4-6-9-21)31(30)36-32(26)29(20)28-19-24(33)16-17-35(28)3/h4-19H,1,3H3/q+1. The normalized spacial score (nSPS) is 11.2. The van der Waals surface area contributed by atoms with Gasteiger partial charge in [0, 0.05) is 28.5 Å². The molecule has 0 atom stereocenters. The minimum absolute atomic E-state index is 0.309. The molecule has 4 aromatic carbocycles. The van der Waals surface area contributed by atoms with Crippen molar-refractivity contribution in [3.05, 3.63) is 120 Å². The summed E-state index contributed by atoms with van der Waals surface area (Å²) in [6.07, 6.45) is 1.71. The quantitative estimate of drug-likeness (QED) is 0.188. The number of nitrogens with zero attached hydrogens (tertiary/aromatic N) is 2. The first kappa shape index (κ1) is 21.8. The van der Waals surface area contributed by atoms with Crippen molar-refractivity contribution in [2.45, 2.75) is 6.92 Å². The van der Waals surface area contributed by atoms with E-state index in [1.807, 2.05) is 67.1 Å². The molecule has 0 radical (unpaired) electrons. The molecular formula is C32H22FN2O+. The first-order valence-corrected chi connectivity index (χ1v) is 11.7. The Bertz CT molecular complexity index is 1830. The minimum atomic E-state index is -0.309. The Labute approximate surface area is 208 Å². The lowest BCUT2D eigenvalue weighted by molar-refractivity contribution is -0.660. The highest BCUT2D eigenvalue weighted by Crippen LogP contribution is 2.44. The van der Waals surface area contributed by atoms with Crippen LogP contribution in [0.25, 0.3) is 60.3 Å². The van der Waals surface area contributed by atoms with E-state index in [0.29, 0.717) is 22.5 Å². The summed E-state index contributed by atoms with van der Waals surface area (Å²) in [6, 6.07) is 29.4. The van der Waals surface area contributed by atoms with Crippen LogP contribution in [0, 0.1) is 19.3 Å². The first-order chi connectivity index (χ1) is 17.5. The summed E-state index contributed by atoms with van der Waals surface area (Å²) >= 11 is 0. The molecule has 2 aromatic heterocycles. The van der Waals surface area contributed by atoms with E-state index in [2.05, 4.69) is 35.2 Å². The van der Waals surface area contributed by atoms with Gasteiger partial charge in [0.1, 0.15) is 24.0 Å². The van der Waals surface area contributed by atoms with Gasteiger partial charge in [0.25, 0.3) is 0 Å². The van der Waals surface area contributed by atoms with Gasteiger partial charge in [-0.1, -0.05) is 72.8 Å². The molecule has 0 fully saturated rings. The summed E-state index contributed by atoms with van der Waals surface area (Å²) in [6.45, 7) is 9.81. The van der Waals surface area contributed by atoms with E-state index in [9.17, 15) is 4.39 Å². The topological polar surface area (TPSA) is 21.4 Å². The van der Waals surface area contributed by atoms with Gasteiger partial charge in [0.15, 0.2) is 11.9 Å². The molecule has 0 N–H and O–H groups in total. The van der Waals surface area contributed by atoms with Gasteiger partial charge in [-0.15, -0.1) is 0 Å². The van der Waals surface area contributed by atoms with Crippen LogP contribution in [-0.2, 0) is 7.05 Å². The Morgan fingerprint density at radius 1 is 0.806 bits per heavy atom. The van der Waals surface area contributed by atoms with Gasteiger partial charge < -0.3 is 4.42 Å². The van der Waals surface area contributed by atoms with Gasteiger partial charge in [-0.3, -0.25) is 0 Å². The number of furan rings is 1. The molecule has 0 amide bonds. The smallest absolute Gasteiger partial charge is 0.219 e. The third-order valence-corrected chi connectivity index (χ3v) is 6.74. The van der Waals surface area contributed by atoms with Gasteiger partial charge in [0.2, 0.25) is 5.69 Å². The van der Waals surface area contributed by atoms with Gasteiger partial charge in [-0.2, -0.15) is 0 Å². The number of halogens is 1. The average Bonchev–Trinajstić information content (AvgIpc) is 3.30. The predicted molar refractivity (Wildman–Crippen MR) is 142 cm³/mol. The minimum Gasteiger partial charge on any atom is -0.456 e. The van der Waals surface area contributed by atoms with Crippen LogP contribution in [0.15, 0.2) is 102 Å². The van der Waals surface area contributed by atoms with Gasteiger partial charge in [-0.25, -0.2) is 13.8 Å². The molecule has 3 nitrogen and oxygen atoms in total. The molecule has 4 heteroatoms. The third-order valence-electron chi connectivity index (χ3n) is 6.74. The van der Waals surface area contributed by atoms with E-state index in [4.69, 9.17) is 11.0 Å². The van der Waals surface area contributed by atoms with E-state index in [1.54, 1.807) is 6.20 Å². The van der Waals surface area contributed by atoms with Crippen LogP contribution in [0.3, 0.4) is 0 Å². The van der Waals surface area contributed by atoms with Crippen LogP contribution in [0.1, 0.15) is 5.56 Å². The lowest BCUT2D eigenvalue weighted by Crippen LogP contribution is -2.30. The van der Waals surface area contributed by atoms with Crippen LogP contribution in [0.2, 0.25) is 0 Å². The summed E-state index contributed by atoms with van der Waals surface area (Å²) in [4.78, 5) is 3.80. The molecule has 6 aromatic rings. The fourth-order valence-corrected chi connectivity index (χ4v) is 4.95. The number of benzene rings is 4. The van der Waals surface area contributed by atoms with Gasteiger partial charge >= 0.3 is 0 Å². The molecule has 0 saturated heterocycles. The highest BCUT2D eigenvalue weighted by atomic mass is 19.1. The maximum absolute atomic E-state index is 14.3. The molecule has 36 heavy (non-hydrogen) atoms. The second kappa shape index (κ2) is 8.48. The van der Waals surface area contributed by atoms with Gasteiger partial charge in [0.05, 0.1) is 12.1 Å². The van der Waals surface area contributed by atoms with Crippen LogP contribution < -0.4 is 4.57 Å². The number of aryl methyl sites for hydroxylation is 2. The molecule has 2 heterocycles. The van der Waals surface area contributed by atoms with Crippen molar-refractivity contribution in [2.75, 3.05) is 0 Å². The van der Waals surface area contributed by atoms with E-state index in [0.717, 1.165) is 44.2 Å². The highest BCUT2D eigenvalue weighted by molar-refractivity contribution is 6.18. The lowest BCUT2D eigenvalue weighted by Gasteiger charge is -2.07. The fraction of sp³-hybridized carbons (Fsp3) is 0.0625. The maximum Gasteiger partial charge on any atom is 0.219 e. The molecule has 0 bridgehead atoms. The molecule has 0 aliphatic heterocycles. The summed E-state index contributed by atoms with van der Waals surface area (Å²) in [5.41, 5.74) is 8.52. The fourth-order valence-electron chi connectivity index (χ4n) is 4.95. The van der Waals surface area contributed by atoms with Crippen molar-refractivity contribution >= 4 is 27.6 Å². The zero-order valence-corrected chi connectivity index (χ0v) is 19.9. The molecule has 0 aliphatic carbocycles. The molecule has 6 rings (SSSR count). The lowest BCUT2D eigenvalue weighted by atomic mass is 9.96. The molecule has 0 unspecified atom stereocenters. The first-order valence-electron chi connectivity index (χ1n) is 11.7. The summed E-state index contributed by atoms with van der Waals surface area (Å²) in [7, 11) is 1.89. The molecular weight excluding hydrogens is 447 g/mol. The second-order valence-corrected chi connectivity index (χ2v) is 8.97. The Kier molecular flexibility index (Phi) is 5.13. The second-order valence-electron chi connectivity index (χ2n) is 8.97. The monoisotopic (exact) mass is 469 g/mol. The van der Waals surface area contributed by atoms with Crippen molar-refractivity contribution in [1.29, 1.82) is 0 Å². The summed E-state index contributed by atoms with van der Waals surface area (Å²) in [5, 5.41) is 1.63. The summed E-state index contributed by atoms with van der Waals surface area (Å²) < 4.78 is 22.8. The predicted octanol–water partition coefficient (Wildman–Crippen LogP) is 8.41. The maximum atomic E-state index is 14.3. The van der Waals surface area contributed by atoms with Crippen molar-refractivity contribution in [1.82, 2.24) is 0 Å². The molecule has 0 saturated carbocycles. The zero-order chi connectivity index (χ0) is 24.8. The SMILES string of the molecule is [C-]#[N+]c1ccc(-c2cccc(-c3ccccc3)c2)c2oc3c(-c4cc(F)cc[n+]4C)c(C)ccc3c12. The van der Waals surface area contributed by atoms with E-state index in [1.165, 1.54) is 12.1 Å².